The van der Waals surface area contributed by atoms with Gasteiger partial charge in [0, 0.05) is 17.1 Å². The molecule has 2 aromatic rings. The van der Waals surface area contributed by atoms with Gasteiger partial charge in [-0.2, -0.15) is 0 Å². The van der Waals surface area contributed by atoms with Crippen LogP contribution in [0, 0.1) is 12.3 Å². The quantitative estimate of drug-likeness (QED) is 0.598. The molecule has 2 amide bonds. The van der Waals surface area contributed by atoms with Crippen LogP contribution in [-0.2, 0) is 9.59 Å². The van der Waals surface area contributed by atoms with Crippen molar-refractivity contribution >= 4 is 34.5 Å². The van der Waals surface area contributed by atoms with Crippen molar-refractivity contribution in [3.63, 3.8) is 0 Å². The van der Waals surface area contributed by atoms with Crippen molar-refractivity contribution in [1.29, 1.82) is 0 Å². The number of hydrogen-bond donors (Lipinski definition) is 2. The van der Waals surface area contributed by atoms with Crippen molar-refractivity contribution in [2.45, 2.75) is 30.2 Å². The summed E-state index contributed by atoms with van der Waals surface area (Å²) in [5.41, 5.74) is 5.15. The van der Waals surface area contributed by atoms with Gasteiger partial charge in [-0.3, -0.25) is 14.6 Å². The van der Waals surface area contributed by atoms with Crippen LogP contribution in [0.25, 0.3) is 10.9 Å². The highest BCUT2D eigenvalue weighted by Gasteiger charge is 2.45. The summed E-state index contributed by atoms with van der Waals surface area (Å²) in [4.78, 5) is 28.5. The largest absolute Gasteiger partial charge is 0.470 e. The lowest BCUT2D eigenvalue weighted by Crippen LogP contribution is -2.63. The Bertz CT molecular complexity index is 903. The average Bonchev–Trinajstić information content (AvgIpc) is 2.61. The van der Waals surface area contributed by atoms with Gasteiger partial charge in [-0.25, -0.2) is 0 Å². The lowest BCUT2D eigenvalue weighted by molar-refractivity contribution is -0.136. The zero-order valence-corrected chi connectivity index (χ0v) is 15.1. The lowest BCUT2D eigenvalue weighted by Gasteiger charge is -2.40. The number of fused-ring (bicyclic) bond motifs is 1. The maximum atomic E-state index is 12.6. The highest BCUT2D eigenvalue weighted by atomic mass is 32.2. The van der Waals surface area contributed by atoms with Crippen LogP contribution < -0.4 is 15.8 Å². The SMILES string of the molecule is C#Cc1cnc2ccc(OC(SC)C(=O)NC3(C(N)=O)CCC3)cc2c1. The molecule has 0 aliphatic heterocycles. The summed E-state index contributed by atoms with van der Waals surface area (Å²) >= 11 is 1.24. The minimum absolute atomic E-state index is 0.369. The van der Waals surface area contributed by atoms with Gasteiger partial charge in [0.2, 0.25) is 11.3 Å². The molecule has 1 unspecified atom stereocenters. The topological polar surface area (TPSA) is 94.3 Å². The molecule has 3 N–H and O–H groups in total. The maximum absolute atomic E-state index is 12.6. The average molecular weight is 369 g/mol. The molecule has 6 nitrogen and oxygen atoms in total. The molecule has 0 saturated heterocycles. The van der Waals surface area contributed by atoms with Crippen molar-refractivity contribution in [1.82, 2.24) is 10.3 Å². The van der Waals surface area contributed by atoms with E-state index in [1.165, 1.54) is 11.8 Å². The first-order chi connectivity index (χ1) is 12.5. The van der Waals surface area contributed by atoms with Crippen LogP contribution in [0.1, 0.15) is 24.8 Å². The van der Waals surface area contributed by atoms with Crippen molar-refractivity contribution in [3.8, 4) is 18.1 Å². The molecule has 3 rings (SSSR count). The minimum Gasteiger partial charge on any atom is -0.470 e. The number of benzene rings is 1. The molecule has 1 fully saturated rings. The number of carbonyl (C=O) groups excluding carboxylic acids is 2. The van der Waals surface area contributed by atoms with Crippen molar-refractivity contribution < 1.29 is 14.3 Å². The fourth-order valence-corrected chi connectivity index (χ4v) is 3.33. The number of terminal acetylenes is 1. The molecule has 1 aromatic carbocycles. The Hall–Kier alpha value is -2.72. The van der Waals surface area contributed by atoms with Crippen LogP contribution in [0.3, 0.4) is 0 Å². The number of primary amides is 1. The number of hydrogen-bond acceptors (Lipinski definition) is 5. The summed E-state index contributed by atoms with van der Waals surface area (Å²) in [6.45, 7) is 0. The first-order valence-corrected chi connectivity index (χ1v) is 9.44. The summed E-state index contributed by atoms with van der Waals surface area (Å²) < 4.78 is 5.82. The number of thioether (sulfide) groups is 1. The number of amides is 2. The molecule has 0 bridgehead atoms. The van der Waals surface area contributed by atoms with E-state index < -0.39 is 16.9 Å². The lowest BCUT2D eigenvalue weighted by atomic mass is 9.76. The van der Waals surface area contributed by atoms with Gasteiger partial charge >= 0.3 is 0 Å². The Kier molecular flexibility index (Phi) is 5.05. The smallest absolute Gasteiger partial charge is 0.272 e. The number of ether oxygens (including phenoxy) is 1. The van der Waals surface area contributed by atoms with Crippen LogP contribution in [0.15, 0.2) is 30.5 Å². The molecule has 26 heavy (non-hydrogen) atoms. The van der Waals surface area contributed by atoms with Crippen LogP contribution in [0.4, 0.5) is 0 Å². The summed E-state index contributed by atoms with van der Waals surface area (Å²) in [6, 6.07) is 7.17. The van der Waals surface area contributed by atoms with E-state index in [0.29, 0.717) is 24.2 Å². The standard InChI is InChI=1S/C19H19N3O3S/c1-3-12-9-13-10-14(5-6-15(13)21-11-12)25-17(26-2)16(23)22-19(18(20)24)7-4-8-19/h1,5-6,9-11,17H,4,7-8H2,2H3,(H2,20,24)(H,22,23). The van der Waals surface area contributed by atoms with Crippen molar-refractivity contribution in [2.75, 3.05) is 6.26 Å². The second kappa shape index (κ2) is 7.26. The molecule has 1 atom stereocenters. The number of aromatic nitrogens is 1. The van der Waals surface area contributed by atoms with E-state index in [9.17, 15) is 9.59 Å². The van der Waals surface area contributed by atoms with Crippen LogP contribution >= 0.6 is 11.8 Å². The fourth-order valence-electron chi connectivity index (χ4n) is 2.85. The van der Waals surface area contributed by atoms with Gasteiger partial charge in [-0.05, 0) is 49.8 Å². The molecular formula is C19H19N3O3S. The highest BCUT2D eigenvalue weighted by molar-refractivity contribution is 7.99. The zero-order valence-electron chi connectivity index (χ0n) is 14.3. The van der Waals surface area contributed by atoms with E-state index in [0.717, 1.165) is 17.3 Å². The van der Waals surface area contributed by atoms with Gasteiger partial charge < -0.3 is 15.8 Å². The molecule has 0 radical (unpaired) electrons. The monoisotopic (exact) mass is 369 g/mol. The van der Waals surface area contributed by atoms with E-state index >= 15 is 0 Å². The molecule has 1 saturated carbocycles. The minimum atomic E-state index is -0.941. The van der Waals surface area contributed by atoms with E-state index in [1.807, 2.05) is 6.07 Å². The third kappa shape index (κ3) is 3.46. The molecule has 1 heterocycles. The number of carbonyl (C=O) groups is 2. The van der Waals surface area contributed by atoms with E-state index in [4.69, 9.17) is 16.9 Å². The number of nitrogens with two attached hydrogens (primary N) is 1. The molecule has 1 aliphatic rings. The zero-order chi connectivity index (χ0) is 18.7. The number of nitrogens with zero attached hydrogens (tertiary/aromatic N) is 1. The van der Waals surface area contributed by atoms with Crippen LogP contribution in [0.5, 0.6) is 5.75 Å². The Labute approximate surface area is 155 Å². The Morgan fingerprint density at radius 1 is 1.42 bits per heavy atom. The van der Waals surface area contributed by atoms with Crippen LogP contribution in [0.2, 0.25) is 0 Å². The normalized spacial score (nSPS) is 16.2. The summed E-state index contributed by atoms with van der Waals surface area (Å²) in [5, 5.41) is 3.58. The van der Waals surface area contributed by atoms with Gasteiger partial charge in [-0.15, -0.1) is 18.2 Å². The molecule has 7 heteroatoms. The van der Waals surface area contributed by atoms with E-state index in [2.05, 4.69) is 16.2 Å². The second-order valence-corrected chi connectivity index (χ2v) is 7.10. The number of pyridine rings is 1. The highest BCUT2D eigenvalue weighted by Crippen LogP contribution is 2.32. The summed E-state index contributed by atoms with van der Waals surface area (Å²) in [5.74, 6) is 2.19. The summed E-state index contributed by atoms with van der Waals surface area (Å²) in [6.07, 6.45) is 10.8. The van der Waals surface area contributed by atoms with Gasteiger partial charge in [0.1, 0.15) is 11.3 Å². The predicted molar refractivity (Wildman–Crippen MR) is 102 cm³/mol. The molecular weight excluding hydrogens is 350 g/mol. The van der Waals surface area contributed by atoms with Crippen LogP contribution in [-0.4, -0.2) is 34.0 Å². The molecule has 134 valence electrons. The predicted octanol–water partition coefficient (Wildman–Crippen LogP) is 1.81. The Morgan fingerprint density at radius 3 is 2.77 bits per heavy atom. The molecule has 1 aromatic heterocycles. The fraction of sp³-hybridized carbons (Fsp3) is 0.316. The van der Waals surface area contributed by atoms with Crippen molar-refractivity contribution in [3.05, 3.63) is 36.0 Å². The first-order valence-electron chi connectivity index (χ1n) is 8.15. The van der Waals surface area contributed by atoms with E-state index in [-0.39, 0.29) is 5.91 Å². The first kappa shape index (κ1) is 18.1. The van der Waals surface area contributed by atoms with Gasteiger partial charge in [0.05, 0.1) is 5.52 Å². The molecule has 1 aliphatic carbocycles. The second-order valence-electron chi connectivity index (χ2n) is 6.20. The van der Waals surface area contributed by atoms with Gasteiger partial charge in [0.25, 0.3) is 5.91 Å². The number of rotatable bonds is 6. The Balaban J connectivity index is 1.77. The van der Waals surface area contributed by atoms with Gasteiger partial charge in [-0.1, -0.05) is 5.92 Å². The van der Waals surface area contributed by atoms with Crippen molar-refractivity contribution in [2.24, 2.45) is 5.73 Å². The maximum Gasteiger partial charge on any atom is 0.272 e. The molecule has 0 spiro atoms. The third-order valence-electron chi connectivity index (χ3n) is 4.53. The Morgan fingerprint density at radius 2 is 2.19 bits per heavy atom. The van der Waals surface area contributed by atoms with Gasteiger partial charge in [0.15, 0.2) is 0 Å². The number of nitrogens with one attached hydrogen (secondary N) is 1. The third-order valence-corrected chi connectivity index (χ3v) is 5.27. The summed E-state index contributed by atoms with van der Waals surface area (Å²) in [7, 11) is 0. The van der Waals surface area contributed by atoms with E-state index in [1.54, 1.807) is 30.7 Å².